The molecule has 0 heterocycles. The molecule has 0 aliphatic carbocycles. The molecule has 0 radical (unpaired) electrons. The first-order valence-electron chi connectivity index (χ1n) is 6.88. The molecule has 0 fully saturated rings. The van der Waals surface area contributed by atoms with Crippen LogP contribution in [0.2, 0.25) is 10.0 Å². The summed E-state index contributed by atoms with van der Waals surface area (Å²) in [4.78, 5) is 0. The van der Waals surface area contributed by atoms with Crippen molar-refractivity contribution < 1.29 is 9.47 Å². The van der Waals surface area contributed by atoms with Crippen molar-refractivity contribution in [1.29, 1.82) is 0 Å². The lowest BCUT2D eigenvalue weighted by Gasteiger charge is -2.15. The van der Waals surface area contributed by atoms with E-state index >= 15 is 0 Å². The van der Waals surface area contributed by atoms with E-state index in [1.165, 1.54) is 0 Å². The Kier molecular flexibility index (Phi) is 5.77. The van der Waals surface area contributed by atoms with E-state index in [-0.39, 0.29) is 6.10 Å². The molecule has 0 saturated carbocycles. The van der Waals surface area contributed by atoms with Gasteiger partial charge in [-0.1, -0.05) is 41.4 Å². The van der Waals surface area contributed by atoms with Gasteiger partial charge in [-0.05, 0) is 43.7 Å². The van der Waals surface area contributed by atoms with Crippen LogP contribution in [0, 0.1) is 0 Å². The standard InChI is InChI=1S/C17H18Cl2O2/c1-12(2)21-17-6-4-3-5-16(17)20-10-9-13-7-8-14(18)11-15(13)19/h3-8,11-12H,9-10H2,1-2H3. The summed E-state index contributed by atoms with van der Waals surface area (Å²) < 4.78 is 11.5. The smallest absolute Gasteiger partial charge is 0.161 e. The van der Waals surface area contributed by atoms with Crippen LogP contribution in [-0.2, 0) is 6.42 Å². The van der Waals surface area contributed by atoms with Crippen molar-refractivity contribution in [3.8, 4) is 11.5 Å². The molecule has 0 atom stereocenters. The van der Waals surface area contributed by atoms with Crippen molar-refractivity contribution in [3.05, 3.63) is 58.1 Å². The molecule has 0 bridgehead atoms. The van der Waals surface area contributed by atoms with E-state index in [0.717, 1.165) is 17.1 Å². The normalized spacial score (nSPS) is 10.7. The third-order valence-corrected chi connectivity index (χ3v) is 3.44. The van der Waals surface area contributed by atoms with Gasteiger partial charge in [-0.3, -0.25) is 0 Å². The molecule has 2 rings (SSSR count). The van der Waals surface area contributed by atoms with Gasteiger partial charge in [0.2, 0.25) is 0 Å². The van der Waals surface area contributed by atoms with Gasteiger partial charge < -0.3 is 9.47 Å². The van der Waals surface area contributed by atoms with Gasteiger partial charge in [0.15, 0.2) is 11.5 Å². The monoisotopic (exact) mass is 324 g/mol. The maximum Gasteiger partial charge on any atom is 0.161 e. The minimum Gasteiger partial charge on any atom is -0.489 e. The molecule has 0 saturated heterocycles. The van der Waals surface area contributed by atoms with E-state index in [0.29, 0.717) is 23.1 Å². The molecule has 0 aliphatic heterocycles. The number of halogens is 2. The molecule has 112 valence electrons. The topological polar surface area (TPSA) is 18.5 Å². The van der Waals surface area contributed by atoms with E-state index in [4.69, 9.17) is 32.7 Å². The predicted octanol–water partition coefficient (Wildman–Crippen LogP) is 5.40. The second kappa shape index (κ2) is 7.58. The van der Waals surface area contributed by atoms with Gasteiger partial charge in [0.05, 0.1) is 12.7 Å². The predicted molar refractivity (Wildman–Crippen MR) is 87.9 cm³/mol. The van der Waals surface area contributed by atoms with Crippen LogP contribution in [0.15, 0.2) is 42.5 Å². The molecular formula is C17H18Cl2O2. The third-order valence-electron chi connectivity index (χ3n) is 2.86. The van der Waals surface area contributed by atoms with Crippen LogP contribution in [0.4, 0.5) is 0 Å². The van der Waals surface area contributed by atoms with Crippen molar-refractivity contribution in [2.45, 2.75) is 26.4 Å². The summed E-state index contributed by atoms with van der Waals surface area (Å²) in [5.41, 5.74) is 1.02. The Morgan fingerprint density at radius 1 is 1.00 bits per heavy atom. The molecule has 0 aliphatic rings. The number of benzene rings is 2. The van der Waals surface area contributed by atoms with Crippen LogP contribution in [0.1, 0.15) is 19.4 Å². The lowest BCUT2D eigenvalue weighted by atomic mass is 10.1. The minimum absolute atomic E-state index is 0.112. The van der Waals surface area contributed by atoms with Crippen LogP contribution in [0.25, 0.3) is 0 Å². The summed E-state index contributed by atoms with van der Waals surface area (Å²) >= 11 is 12.0. The average molecular weight is 325 g/mol. The van der Waals surface area contributed by atoms with Crippen LogP contribution < -0.4 is 9.47 Å². The average Bonchev–Trinajstić information content (AvgIpc) is 2.42. The Morgan fingerprint density at radius 3 is 2.38 bits per heavy atom. The lowest BCUT2D eigenvalue weighted by Crippen LogP contribution is -2.08. The Labute approximate surface area is 135 Å². The molecule has 0 aromatic heterocycles. The van der Waals surface area contributed by atoms with Crippen molar-refractivity contribution in [1.82, 2.24) is 0 Å². The van der Waals surface area contributed by atoms with Gasteiger partial charge in [-0.15, -0.1) is 0 Å². The van der Waals surface area contributed by atoms with Gasteiger partial charge in [-0.25, -0.2) is 0 Å². The molecular weight excluding hydrogens is 307 g/mol. The number of hydrogen-bond donors (Lipinski definition) is 0. The molecule has 2 nitrogen and oxygen atoms in total. The highest BCUT2D eigenvalue weighted by Gasteiger charge is 2.07. The highest BCUT2D eigenvalue weighted by molar-refractivity contribution is 6.35. The van der Waals surface area contributed by atoms with Crippen LogP contribution in [-0.4, -0.2) is 12.7 Å². The quantitative estimate of drug-likeness (QED) is 0.708. The van der Waals surface area contributed by atoms with E-state index in [1.807, 2.05) is 50.2 Å². The second-order valence-electron chi connectivity index (χ2n) is 4.95. The summed E-state index contributed by atoms with van der Waals surface area (Å²) in [6.07, 6.45) is 0.826. The molecule has 2 aromatic carbocycles. The maximum atomic E-state index is 6.15. The molecule has 0 amide bonds. The number of para-hydroxylation sites is 2. The summed E-state index contributed by atoms with van der Waals surface area (Å²) in [5.74, 6) is 1.51. The van der Waals surface area contributed by atoms with Crippen molar-refractivity contribution in [2.24, 2.45) is 0 Å². The van der Waals surface area contributed by atoms with E-state index < -0.39 is 0 Å². The maximum absolute atomic E-state index is 6.15. The zero-order chi connectivity index (χ0) is 15.2. The van der Waals surface area contributed by atoms with Gasteiger partial charge in [0.25, 0.3) is 0 Å². The third kappa shape index (κ3) is 4.83. The first-order chi connectivity index (χ1) is 10.1. The van der Waals surface area contributed by atoms with Gasteiger partial charge >= 0.3 is 0 Å². The fourth-order valence-corrected chi connectivity index (χ4v) is 2.42. The Balaban J connectivity index is 1.97. The van der Waals surface area contributed by atoms with E-state index in [9.17, 15) is 0 Å². The van der Waals surface area contributed by atoms with Gasteiger partial charge in [0.1, 0.15) is 0 Å². The summed E-state index contributed by atoms with van der Waals surface area (Å²) in [6, 6.07) is 13.2. The van der Waals surface area contributed by atoms with Crippen LogP contribution >= 0.6 is 23.2 Å². The summed E-state index contributed by atoms with van der Waals surface area (Å²) in [5, 5.41) is 1.30. The first kappa shape index (κ1) is 16.0. The van der Waals surface area contributed by atoms with E-state index in [1.54, 1.807) is 6.07 Å². The first-order valence-corrected chi connectivity index (χ1v) is 7.64. The van der Waals surface area contributed by atoms with Crippen molar-refractivity contribution in [3.63, 3.8) is 0 Å². The van der Waals surface area contributed by atoms with Crippen LogP contribution in [0.5, 0.6) is 11.5 Å². The fraction of sp³-hybridized carbons (Fsp3) is 0.294. The highest BCUT2D eigenvalue weighted by Crippen LogP contribution is 2.28. The van der Waals surface area contributed by atoms with Crippen LogP contribution in [0.3, 0.4) is 0 Å². The fourth-order valence-electron chi connectivity index (χ4n) is 1.92. The Bertz CT molecular complexity index is 597. The molecule has 21 heavy (non-hydrogen) atoms. The summed E-state index contributed by atoms with van der Waals surface area (Å²) in [6.45, 7) is 4.51. The molecule has 2 aromatic rings. The second-order valence-corrected chi connectivity index (χ2v) is 5.79. The zero-order valence-electron chi connectivity index (χ0n) is 12.1. The van der Waals surface area contributed by atoms with Gasteiger partial charge in [-0.2, -0.15) is 0 Å². The molecule has 0 spiro atoms. The molecule has 0 unspecified atom stereocenters. The zero-order valence-corrected chi connectivity index (χ0v) is 13.6. The minimum atomic E-state index is 0.112. The highest BCUT2D eigenvalue weighted by atomic mass is 35.5. The number of hydrogen-bond acceptors (Lipinski definition) is 2. The van der Waals surface area contributed by atoms with Crippen molar-refractivity contribution >= 4 is 23.2 Å². The number of rotatable bonds is 6. The Hall–Kier alpha value is -1.38. The lowest BCUT2D eigenvalue weighted by molar-refractivity contribution is 0.221. The Morgan fingerprint density at radius 2 is 1.71 bits per heavy atom. The molecule has 4 heteroatoms. The molecule has 0 N–H and O–H groups in total. The largest absolute Gasteiger partial charge is 0.489 e. The summed E-state index contributed by atoms with van der Waals surface area (Å²) in [7, 11) is 0. The number of ether oxygens (including phenoxy) is 2. The van der Waals surface area contributed by atoms with Gasteiger partial charge in [0, 0.05) is 16.5 Å². The SMILES string of the molecule is CC(C)Oc1ccccc1OCCc1ccc(Cl)cc1Cl. The van der Waals surface area contributed by atoms with E-state index in [2.05, 4.69) is 0 Å². The van der Waals surface area contributed by atoms with Crippen molar-refractivity contribution in [2.75, 3.05) is 6.61 Å².